The van der Waals surface area contributed by atoms with Crippen LogP contribution in [0.25, 0.3) is 11.1 Å². The van der Waals surface area contributed by atoms with Gasteiger partial charge in [-0.15, -0.1) is 0 Å². The number of aromatic nitrogens is 3. The summed E-state index contributed by atoms with van der Waals surface area (Å²) in [5.74, 6) is -0.182. The Hall–Kier alpha value is -4.06. The van der Waals surface area contributed by atoms with Gasteiger partial charge in [0.25, 0.3) is 5.91 Å². The van der Waals surface area contributed by atoms with Gasteiger partial charge in [-0.1, -0.05) is 60.2 Å². The average molecular weight is 439 g/mol. The van der Waals surface area contributed by atoms with Gasteiger partial charge in [-0.25, -0.2) is 0 Å². The van der Waals surface area contributed by atoms with Gasteiger partial charge in [0.05, 0.1) is 35.4 Å². The molecule has 5 aromatic rings. The Kier molecular flexibility index (Phi) is 5.34. The molecule has 0 fully saturated rings. The molecule has 0 aliphatic rings. The molecule has 3 aromatic heterocycles. The number of amides is 1. The Labute approximate surface area is 192 Å². The molecule has 0 bridgehead atoms. The minimum Gasteiger partial charge on any atom is -0.463 e. The lowest BCUT2D eigenvalue weighted by Gasteiger charge is -2.12. The third kappa shape index (κ3) is 4.07. The molecule has 166 valence electrons. The minimum absolute atomic E-state index is 0.182. The number of nitrogens with one attached hydrogen (secondary N) is 1. The molecular weight excluding hydrogens is 412 g/mol. The number of fused-ring (bicyclic) bond motifs is 1. The maximum Gasteiger partial charge on any atom is 0.272 e. The van der Waals surface area contributed by atoms with E-state index in [0.717, 1.165) is 33.7 Å². The first-order valence-electron chi connectivity index (χ1n) is 11.0. The highest BCUT2D eigenvalue weighted by atomic mass is 16.3. The third-order valence-electron chi connectivity index (χ3n) is 6.01. The molecule has 2 aromatic carbocycles. The number of rotatable bonds is 6. The van der Waals surface area contributed by atoms with Gasteiger partial charge in [-0.05, 0) is 31.9 Å². The van der Waals surface area contributed by atoms with Crippen molar-refractivity contribution in [3.63, 3.8) is 0 Å². The highest BCUT2D eigenvalue weighted by Crippen LogP contribution is 2.26. The molecule has 0 spiro atoms. The van der Waals surface area contributed by atoms with E-state index in [9.17, 15) is 4.79 Å². The van der Waals surface area contributed by atoms with E-state index in [0.29, 0.717) is 24.4 Å². The predicted molar refractivity (Wildman–Crippen MR) is 130 cm³/mol. The van der Waals surface area contributed by atoms with Crippen LogP contribution in [-0.2, 0) is 13.1 Å². The molecular formula is C27H26N4O2. The van der Waals surface area contributed by atoms with E-state index in [1.165, 1.54) is 5.56 Å². The Morgan fingerprint density at radius 1 is 0.939 bits per heavy atom. The zero-order valence-corrected chi connectivity index (χ0v) is 19.0. The molecule has 6 nitrogen and oxygen atoms in total. The first kappa shape index (κ1) is 20.8. The van der Waals surface area contributed by atoms with E-state index >= 15 is 0 Å². The summed E-state index contributed by atoms with van der Waals surface area (Å²) < 4.78 is 9.52. The fraction of sp³-hybridized carbons (Fsp3) is 0.185. The lowest BCUT2D eigenvalue weighted by molar-refractivity contribution is 0.101. The van der Waals surface area contributed by atoms with E-state index in [2.05, 4.69) is 53.7 Å². The van der Waals surface area contributed by atoms with Gasteiger partial charge in [0, 0.05) is 18.7 Å². The van der Waals surface area contributed by atoms with E-state index < -0.39 is 0 Å². The smallest absolute Gasteiger partial charge is 0.272 e. The summed E-state index contributed by atoms with van der Waals surface area (Å²) in [6.45, 7) is 7.20. The lowest BCUT2D eigenvalue weighted by Crippen LogP contribution is -2.18. The van der Waals surface area contributed by atoms with Crippen LogP contribution in [0.2, 0.25) is 0 Å². The second-order valence-corrected chi connectivity index (χ2v) is 8.41. The van der Waals surface area contributed by atoms with Gasteiger partial charge >= 0.3 is 0 Å². The number of nitrogens with zero attached hydrogens (tertiary/aromatic N) is 3. The normalized spacial score (nSPS) is 11.2. The van der Waals surface area contributed by atoms with Gasteiger partial charge in [-0.3, -0.25) is 9.48 Å². The molecule has 6 heteroatoms. The van der Waals surface area contributed by atoms with Crippen molar-refractivity contribution in [2.24, 2.45) is 0 Å². The number of anilines is 1. The molecule has 0 saturated heterocycles. The van der Waals surface area contributed by atoms with Crippen LogP contribution in [0.4, 0.5) is 5.69 Å². The number of carbonyl (C=O) groups excluding carboxylic acids is 1. The summed E-state index contributed by atoms with van der Waals surface area (Å²) in [5.41, 5.74) is 8.09. The van der Waals surface area contributed by atoms with Crippen LogP contribution in [0, 0.1) is 20.8 Å². The molecule has 0 unspecified atom stereocenters. The monoisotopic (exact) mass is 438 g/mol. The van der Waals surface area contributed by atoms with Crippen LogP contribution in [0.5, 0.6) is 0 Å². The van der Waals surface area contributed by atoms with Crippen LogP contribution in [-0.4, -0.2) is 20.3 Å². The van der Waals surface area contributed by atoms with Crippen LogP contribution >= 0.6 is 0 Å². The first-order valence-corrected chi connectivity index (χ1v) is 11.0. The highest BCUT2D eigenvalue weighted by molar-refractivity contribution is 6.06. The third-order valence-corrected chi connectivity index (χ3v) is 6.01. The number of furan rings is 1. The zero-order chi connectivity index (χ0) is 22.9. The second-order valence-electron chi connectivity index (χ2n) is 8.41. The molecule has 1 N–H and O–H groups in total. The number of hydrogen-bond acceptors (Lipinski definition) is 3. The van der Waals surface area contributed by atoms with Gasteiger partial charge < -0.3 is 14.3 Å². The molecule has 0 aliphatic heterocycles. The van der Waals surface area contributed by atoms with Crippen molar-refractivity contribution in [2.75, 3.05) is 5.32 Å². The van der Waals surface area contributed by atoms with Crippen LogP contribution in [0.3, 0.4) is 0 Å². The zero-order valence-electron chi connectivity index (χ0n) is 19.0. The van der Waals surface area contributed by atoms with Gasteiger partial charge in [0.15, 0.2) is 5.58 Å². The summed E-state index contributed by atoms with van der Waals surface area (Å²) >= 11 is 0. The first-order chi connectivity index (χ1) is 16.0. The molecule has 0 aliphatic carbocycles. The SMILES string of the molecule is Cc1ccc(Cn2c(C(=O)Nc3c(C)nn(Cc4ccccc4)c3C)cc3occc32)cc1. The van der Waals surface area contributed by atoms with Crippen molar-refractivity contribution in [1.29, 1.82) is 0 Å². The Balaban J connectivity index is 1.44. The summed E-state index contributed by atoms with van der Waals surface area (Å²) in [6, 6.07) is 22.2. The van der Waals surface area contributed by atoms with Crippen molar-refractivity contribution in [2.45, 2.75) is 33.9 Å². The van der Waals surface area contributed by atoms with Crippen molar-refractivity contribution >= 4 is 22.7 Å². The van der Waals surface area contributed by atoms with Crippen molar-refractivity contribution < 1.29 is 9.21 Å². The van der Waals surface area contributed by atoms with E-state index in [1.807, 2.05) is 47.4 Å². The fourth-order valence-electron chi connectivity index (χ4n) is 4.18. The Morgan fingerprint density at radius 3 is 2.42 bits per heavy atom. The second kappa shape index (κ2) is 8.47. The van der Waals surface area contributed by atoms with E-state index in [4.69, 9.17) is 4.42 Å². The van der Waals surface area contributed by atoms with Crippen molar-refractivity contribution in [3.8, 4) is 0 Å². The number of hydrogen-bond donors (Lipinski definition) is 1. The average Bonchev–Trinajstić information content (AvgIpc) is 3.47. The number of aryl methyl sites for hydroxylation is 2. The lowest BCUT2D eigenvalue weighted by atomic mass is 10.1. The Morgan fingerprint density at radius 2 is 1.67 bits per heavy atom. The number of carbonyl (C=O) groups is 1. The summed E-state index contributed by atoms with van der Waals surface area (Å²) in [4.78, 5) is 13.4. The van der Waals surface area contributed by atoms with Gasteiger partial charge in [-0.2, -0.15) is 5.10 Å². The van der Waals surface area contributed by atoms with Crippen LogP contribution < -0.4 is 5.32 Å². The maximum absolute atomic E-state index is 13.4. The van der Waals surface area contributed by atoms with Crippen molar-refractivity contribution in [1.82, 2.24) is 14.3 Å². The quantitative estimate of drug-likeness (QED) is 0.370. The molecule has 0 saturated carbocycles. The topological polar surface area (TPSA) is 65.0 Å². The molecule has 5 rings (SSSR count). The Bertz CT molecular complexity index is 1420. The highest BCUT2D eigenvalue weighted by Gasteiger charge is 2.21. The van der Waals surface area contributed by atoms with E-state index in [1.54, 1.807) is 12.3 Å². The van der Waals surface area contributed by atoms with Crippen LogP contribution in [0.15, 0.2) is 77.4 Å². The summed E-state index contributed by atoms with van der Waals surface area (Å²) in [6.07, 6.45) is 1.65. The standard InChI is InChI=1S/C27H26N4O2/c1-18-9-11-22(12-10-18)16-30-23-13-14-33-25(23)15-24(30)27(32)28-26-19(2)29-31(20(26)3)17-21-7-5-4-6-8-21/h4-15H,16-17H2,1-3H3,(H,28,32). The number of benzene rings is 2. The molecule has 0 atom stereocenters. The maximum atomic E-state index is 13.4. The van der Waals surface area contributed by atoms with E-state index in [-0.39, 0.29) is 5.91 Å². The van der Waals surface area contributed by atoms with Gasteiger partial charge in [0.1, 0.15) is 5.69 Å². The molecule has 33 heavy (non-hydrogen) atoms. The van der Waals surface area contributed by atoms with Crippen LogP contribution in [0.1, 0.15) is 38.6 Å². The molecule has 3 heterocycles. The summed E-state index contributed by atoms with van der Waals surface area (Å²) in [7, 11) is 0. The van der Waals surface area contributed by atoms with Gasteiger partial charge in [0.2, 0.25) is 0 Å². The minimum atomic E-state index is -0.182. The molecule has 1 amide bonds. The van der Waals surface area contributed by atoms with Crippen molar-refractivity contribution in [3.05, 3.63) is 107 Å². The predicted octanol–water partition coefficient (Wildman–Crippen LogP) is 5.70. The summed E-state index contributed by atoms with van der Waals surface area (Å²) in [5, 5.41) is 7.76. The fourth-order valence-corrected chi connectivity index (χ4v) is 4.18. The largest absolute Gasteiger partial charge is 0.463 e. The molecule has 0 radical (unpaired) electrons.